The van der Waals surface area contributed by atoms with E-state index in [1.807, 2.05) is 0 Å². The molecule has 2 saturated heterocycles. The zero-order valence-corrected chi connectivity index (χ0v) is 16.7. The van der Waals surface area contributed by atoms with E-state index < -0.39 is 99.5 Å². The summed E-state index contributed by atoms with van der Waals surface area (Å²) < 4.78 is 21.2. The minimum absolute atomic E-state index is 0.636. The number of hydrogen-bond donors (Lipinski definition) is 10. The molecule has 0 aromatic carbocycles. The lowest BCUT2D eigenvalue weighted by atomic mass is 9.98. The fourth-order valence-corrected chi connectivity index (χ4v) is 3.42. The summed E-state index contributed by atoms with van der Waals surface area (Å²) in [7, 11) is 0. The summed E-state index contributed by atoms with van der Waals surface area (Å²) in [5.41, 5.74) is 0. The van der Waals surface area contributed by atoms with Crippen LogP contribution >= 0.6 is 0 Å². The molecular weight excluding hydrogens is 428 g/mol. The summed E-state index contributed by atoms with van der Waals surface area (Å²) in [5.74, 6) is 0. The quantitative estimate of drug-likeness (QED) is 0.146. The summed E-state index contributed by atoms with van der Waals surface area (Å²) >= 11 is 0. The molecule has 0 bridgehead atoms. The van der Waals surface area contributed by atoms with E-state index in [1.165, 1.54) is 6.92 Å². The summed E-state index contributed by atoms with van der Waals surface area (Å²) in [6.07, 6.45) is -20.5. The molecule has 0 radical (unpaired) electrons. The summed E-state index contributed by atoms with van der Waals surface area (Å²) in [4.78, 5) is 0. The van der Waals surface area contributed by atoms with Crippen molar-refractivity contribution in [2.24, 2.45) is 0 Å². The van der Waals surface area contributed by atoms with Crippen molar-refractivity contribution in [2.45, 2.75) is 86.6 Å². The third kappa shape index (κ3) is 5.87. The van der Waals surface area contributed by atoms with E-state index >= 15 is 0 Å². The highest BCUT2D eigenvalue weighted by Crippen LogP contribution is 2.31. The van der Waals surface area contributed by atoms with Crippen molar-refractivity contribution in [3.05, 3.63) is 0 Å². The predicted molar refractivity (Wildman–Crippen MR) is 96.0 cm³/mol. The van der Waals surface area contributed by atoms with Gasteiger partial charge in [-0.05, 0) is 6.92 Å². The van der Waals surface area contributed by atoms with Crippen molar-refractivity contribution < 1.29 is 70.0 Å². The van der Waals surface area contributed by atoms with Crippen molar-refractivity contribution in [3.63, 3.8) is 0 Å². The first-order valence-corrected chi connectivity index (χ1v) is 9.78. The maximum atomic E-state index is 10.6. The number of rotatable bonds is 10. The molecule has 0 aromatic rings. The van der Waals surface area contributed by atoms with E-state index in [0.29, 0.717) is 0 Å². The molecule has 2 heterocycles. The summed E-state index contributed by atoms with van der Waals surface area (Å²) in [5, 5.41) is 98.1. The van der Waals surface area contributed by atoms with Crippen LogP contribution < -0.4 is 0 Å². The largest absolute Gasteiger partial charge is 0.394 e. The van der Waals surface area contributed by atoms with Gasteiger partial charge in [-0.15, -0.1) is 0 Å². The first-order valence-electron chi connectivity index (χ1n) is 9.78. The molecule has 14 nitrogen and oxygen atoms in total. The lowest BCUT2D eigenvalue weighted by Gasteiger charge is -2.44. The molecule has 0 spiro atoms. The lowest BCUT2D eigenvalue weighted by molar-refractivity contribution is -0.347. The molecule has 2 aliphatic heterocycles. The molecule has 0 unspecified atom stereocenters. The van der Waals surface area contributed by atoms with Crippen LogP contribution in [0.1, 0.15) is 6.92 Å². The highest BCUT2D eigenvalue weighted by atomic mass is 16.7. The minimum atomic E-state index is -1.82. The molecule has 2 aliphatic rings. The highest BCUT2D eigenvalue weighted by Gasteiger charge is 2.51. The topological polar surface area (TPSA) is 239 Å². The fraction of sp³-hybridized carbons (Fsp3) is 1.00. The van der Waals surface area contributed by atoms with E-state index in [4.69, 9.17) is 29.2 Å². The molecule has 184 valence electrons. The molecule has 2 fully saturated rings. The van der Waals surface area contributed by atoms with Crippen LogP contribution in [-0.4, -0.2) is 151 Å². The molecule has 31 heavy (non-hydrogen) atoms. The molecule has 0 saturated carbocycles. The number of aliphatic hydroxyl groups is 10. The van der Waals surface area contributed by atoms with Crippen LogP contribution in [0.4, 0.5) is 0 Å². The van der Waals surface area contributed by atoms with E-state index in [0.717, 1.165) is 0 Å². The SMILES string of the molecule is C[C@H](O)[C@H](O[C@@H]1O[C@H](CO)[C@H](O)[C@H](O[C@@H]2O[C@@H](CO)[C@H](O)[C@H]2O)[C@H]1O)[C@@H](O)[C@@H](O)CO. The zero-order chi connectivity index (χ0) is 23.5. The smallest absolute Gasteiger partial charge is 0.187 e. The Balaban J connectivity index is 2.18. The maximum Gasteiger partial charge on any atom is 0.187 e. The molecule has 0 aromatic heterocycles. The minimum Gasteiger partial charge on any atom is -0.394 e. The molecular formula is C17H32O14. The Hall–Kier alpha value is -0.560. The third-order valence-electron chi connectivity index (χ3n) is 5.30. The van der Waals surface area contributed by atoms with Crippen LogP contribution in [0.3, 0.4) is 0 Å². The average Bonchev–Trinajstić information content (AvgIpc) is 3.02. The van der Waals surface area contributed by atoms with Crippen LogP contribution in [0.15, 0.2) is 0 Å². The molecule has 10 N–H and O–H groups in total. The predicted octanol–water partition coefficient (Wildman–Crippen LogP) is -6.27. The van der Waals surface area contributed by atoms with Gasteiger partial charge in [0.15, 0.2) is 12.6 Å². The van der Waals surface area contributed by atoms with Gasteiger partial charge in [-0.25, -0.2) is 0 Å². The third-order valence-corrected chi connectivity index (χ3v) is 5.30. The second-order valence-corrected chi connectivity index (χ2v) is 7.60. The fourth-order valence-electron chi connectivity index (χ4n) is 3.42. The second kappa shape index (κ2) is 11.5. The van der Waals surface area contributed by atoms with E-state index in [9.17, 15) is 40.9 Å². The monoisotopic (exact) mass is 460 g/mol. The zero-order valence-electron chi connectivity index (χ0n) is 16.7. The maximum absolute atomic E-state index is 10.6. The molecule has 2 rings (SSSR count). The summed E-state index contributed by atoms with van der Waals surface area (Å²) in [6, 6.07) is 0. The number of ether oxygens (including phenoxy) is 4. The van der Waals surface area contributed by atoms with Gasteiger partial charge in [0.2, 0.25) is 0 Å². The Morgan fingerprint density at radius 1 is 0.774 bits per heavy atom. The van der Waals surface area contributed by atoms with Gasteiger partial charge < -0.3 is 70.0 Å². The Labute approximate surface area is 177 Å². The van der Waals surface area contributed by atoms with Crippen LogP contribution in [0.5, 0.6) is 0 Å². The normalized spacial score (nSPS) is 42.9. The van der Waals surface area contributed by atoms with Gasteiger partial charge in [-0.1, -0.05) is 0 Å². The first-order chi connectivity index (χ1) is 14.6. The number of aliphatic hydroxyl groups excluding tert-OH is 10. The van der Waals surface area contributed by atoms with Gasteiger partial charge in [0, 0.05) is 0 Å². The van der Waals surface area contributed by atoms with Gasteiger partial charge in [0.25, 0.3) is 0 Å². The first kappa shape index (κ1) is 26.7. The molecule has 0 amide bonds. The van der Waals surface area contributed by atoms with Crippen LogP contribution in [0.2, 0.25) is 0 Å². The van der Waals surface area contributed by atoms with E-state index in [2.05, 4.69) is 0 Å². The standard InChI is InChI=1S/C17H32O14/c1-5(21)14(9(23)6(22)2-18)30-17-13(27)15(11(25)8(4-20)29-17)31-16-12(26)10(24)7(3-19)28-16/h5-27H,2-4H2,1H3/t5-,6-,7-,8+,9-,10-,11-,12+,13+,14-,15-,16-,17-/m0/s1. The summed E-state index contributed by atoms with van der Waals surface area (Å²) in [6.45, 7) is -1.04. The highest BCUT2D eigenvalue weighted by molar-refractivity contribution is 4.94. The van der Waals surface area contributed by atoms with E-state index in [1.54, 1.807) is 0 Å². The lowest BCUT2D eigenvalue weighted by Crippen LogP contribution is -2.63. The van der Waals surface area contributed by atoms with Crippen molar-refractivity contribution in [2.75, 3.05) is 19.8 Å². The van der Waals surface area contributed by atoms with Gasteiger partial charge in [0.05, 0.1) is 25.9 Å². The van der Waals surface area contributed by atoms with Crippen molar-refractivity contribution >= 4 is 0 Å². The Bertz CT molecular complexity index is 537. The van der Waals surface area contributed by atoms with Gasteiger partial charge in [-0.3, -0.25) is 0 Å². The molecule has 13 atom stereocenters. The number of hydrogen-bond acceptors (Lipinski definition) is 14. The Kier molecular flexibility index (Phi) is 9.93. The van der Waals surface area contributed by atoms with Gasteiger partial charge in [-0.2, -0.15) is 0 Å². The van der Waals surface area contributed by atoms with Crippen LogP contribution in [0, 0.1) is 0 Å². The Morgan fingerprint density at radius 3 is 1.81 bits per heavy atom. The van der Waals surface area contributed by atoms with Gasteiger partial charge in [0.1, 0.15) is 61.0 Å². The molecule has 0 aliphatic carbocycles. The van der Waals surface area contributed by atoms with Gasteiger partial charge >= 0.3 is 0 Å². The molecule has 14 heteroatoms. The van der Waals surface area contributed by atoms with Crippen LogP contribution in [0.25, 0.3) is 0 Å². The average molecular weight is 460 g/mol. The van der Waals surface area contributed by atoms with E-state index in [-0.39, 0.29) is 0 Å². The van der Waals surface area contributed by atoms with Crippen molar-refractivity contribution in [3.8, 4) is 0 Å². The Morgan fingerprint density at radius 2 is 1.32 bits per heavy atom. The van der Waals surface area contributed by atoms with Crippen molar-refractivity contribution in [1.82, 2.24) is 0 Å². The van der Waals surface area contributed by atoms with Crippen molar-refractivity contribution in [1.29, 1.82) is 0 Å². The second-order valence-electron chi connectivity index (χ2n) is 7.60. The van der Waals surface area contributed by atoms with Crippen LogP contribution in [-0.2, 0) is 18.9 Å².